The van der Waals surface area contributed by atoms with Gasteiger partial charge in [-0.1, -0.05) is 64.4 Å². The van der Waals surface area contributed by atoms with Crippen LogP contribution >= 0.6 is 0 Å². The van der Waals surface area contributed by atoms with E-state index < -0.39 is 0 Å². The summed E-state index contributed by atoms with van der Waals surface area (Å²) in [4.78, 5) is 0. The first-order chi connectivity index (χ1) is 9.03. The minimum Gasteiger partial charge on any atom is -0.0622 e. The highest BCUT2D eigenvalue weighted by molar-refractivity contribution is 5.45. The van der Waals surface area contributed by atoms with Crippen molar-refractivity contribution in [3.05, 3.63) is 47.7 Å². The molecule has 2 aliphatic carbocycles. The third kappa shape index (κ3) is 1.95. The lowest BCUT2D eigenvalue weighted by molar-refractivity contribution is 0.353. The van der Waals surface area contributed by atoms with Crippen LogP contribution in [-0.2, 0) is 0 Å². The molecule has 2 radical (unpaired) electrons. The summed E-state index contributed by atoms with van der Waals surface area (Å²) in [7, 11) is 0. The second-order valence-electron chi connectivity index (χ2n) is 7.16. The molecule has 102 valence electrons. The van der Waals surface area contributed by atoms with Crippen molar-refractivity contribution in [2.24, 2.45) is 23.2 Å². The van der Waals surface area contributed by atoms with E-state index in [9.17, 15) is 0 Å². The lowest BCUT2D eigenvalue weighted by Gasteiger charge is -2.37. The van der Waals surface area contributed by atoms with E-state index in [1.165, 1.54) is 24.8 Å². The minimum absolute atomic E-state index is 0.283. The Hall–Kier alpha value is -0.780. The summed E-state index contributed by atoms with van der Waals surface area (Å²) in [6, 6.07) is 11.1. The van der Waals surface area contributed by atoms with E-state index in [0.717, 1.165) is 11.8 Å². The van der Waals surface area contributed by atoms with Crippen molar-refractivity contribution in [3.63, 3.8) is 0 Å². The molecule has 0 N–H and O–H groups in total. The van der Waals surface area contributed by atoms with Gasteiger partial charge in [0, 0.05) is 5.92 Å². The lowest BCUT2D eigenvalue weighted by atomic mass is 9.67. The molecule has 2 saturated carbocycles. The molecule has 0 heterocycles. The molecule has 0 aromatic heterocycles. The van der Waals surface area contributed by atoms with Crippen LogP contribution in [0.4, 0.5) is 0 Å². The Bertz CT molecular complexity index is 429. The smallest absolute Gasteiger partial charge is 0.0146 e. The van der Waals surface area contributed by atoms with Crippen molar-refractivity contribution in [2.45, 2.75) is 47.0 Å². The average molecular weight is 254 g/mol. The molecule has 19 heavy (non-hydrogen) atoms. The summed E-state index contributed by atoms with van der Waals surface area (Å²) >= 11 is 0. The molecule has 0 aliphatic heterocycles. The molecule has 2 unspecified atom stereocenters. The van der Waals surface area contributed by atoms with Gasteiger partial charge in [0.25, 0.3) is 0 Å². The van der Waals surface area contributed by atoms with E-state index in [2.05, 4.69) is 58.0 Å². The van der Waals surface area contributed by atoms with E-state index in [1.54, 1.807) is 5.92 Å². The normalized spacial score (nSPS) is 31.0. The first kappa shape index (κ1) is 13.2. The summed E-state index contributed by atoms with van der Waals surface area (Å²) in [6.07, 6.45) is 4.23. The van der Waals surface area contributed by atoms with Crippen LogP contribution in [0.5, 0.6) is 0 Å². The second-order valence-corrected chi connectivity index (χ2v) is 7.16. The van der Waals surface area contributed by atoms with Gasteiger partial charge in [0.15, 0.2) is 0 Å². The Morgan fingerprint density at radius 1 is 1.00 bits per heavy atom. The van der Waals surface area contributed by atoms with Crippen LogP contribution < -0.4 is 0 Å². The van der Waals surface area contributed by atoms with E-state index in [4.69, 9.17) is 0 Å². The number of fused-ring (bicyclic) bond motifs is 1. The number of benzene rings is 1. The quantitative estimate of drug-likeness (QED) is 0.672. The fourth-order valence-electron chi connectivity index (χ4n) is 5.10. The zero-order chi connectivity index (χ0) is 13.6. The highest BCUT2D eigenvalue weighted by atomic mass is 14.6. The van der Waals surface area contributed by atoms with E-state index in [1.807, 2.05) is 5.92 Å². The van der Waals surface area contributed by atoms with Gasteiger partial charge in [-0.2, -0.15) is 0 Å². The molecule has 3 rings (SSSR count). The summed E-state index contributed by atoms with van der Waals surface area (Å²) in [5.41, 5.74) is 1.77. The van der Waals surface area contributed by atoms with Crippen LogP contribution in [0.3, 0.4) is 0 Å². The lowest BCUT2D eigenvalue weighted by Crippen LogP contribution is -2.29. The SMILES string of the molecule is CC(C)[C]1C2CCCC2[C](c2ccccc2)C1(C)C. The van der Waals surface area contributed by atoms with Crippen molar-refractivity contribution < 1.29 is 0 Å². The fourth-order valence-corrected chi connectivity index (χ4v) is 5.10. The molecule has 0 bridgehead atoms. The van der Waals surface area contributed by atoms with E-state index in [-0.39, 0.29) is 5.41 Å². The Balaban J connectivity index is 2.03. The molecule has 0 heteroatoms. The van der Waals surface area contributed by atoms with Crippen LogP contribution in [0.15, 0.2) is 30.3 Å². The van der Waals surface area contributed by atoms with Crippen LogP contribution in [0.1, 0.15) is 52.5 Å². The highest BCUT2D eigenvalue weighted by Gasteiger charge is 2.57. The van der Waals surface area contributed by atoms with Gasteiger partial charge in [-0.25, -0.2) is 0 Å². The number of hydrogen-bond donors (Lipinski definition) is 0. The third-order valence-electron chi connectivity index (χ3n) is 5.39. The van der Waals surface area contributed by atoms with Gasteiger partial charge < -0.3 is 0 Å². The predicted octanol–water partition coefficient (Wildman–Crippen LogP) is 5.30. The maximum absolute atomic E-state index is 2.46. The minimum atomic E-state index is 0.283. The van der Waals surface area contributed by atoms with E-state index in [0.29, 0.717) is 5.92 Å². The van der Waals surface area contributed by atoms with Gasteiger partial charge in [0.1, 0.15) is 0 Å². The molecular weight excluding hydrogens is 228 g/mol. The molecule has 0 saturated heterocycles. The van der Waals surface area contributed by atoms with E-state index >= 15 is 0 Å². The van der Waals surface area contributed by atoms with Gasteiger partial charge in [-0.05, 0) is 47.5 Å². The standard InChI is InChI=1S/C19H26/c1-13(2)17-15-11-8-12-16(15)18(19(17,3)4)14-9-6-5-7-10-14/h5-7,9-10,13,15-16H,8,11-12H2,1-4H3. The van der Waals surface area contributed by atoms with Crippen LogP contribution in [-0.4, -0.2) is 0 Å². The maximum atomic E-state index is 2.46. The first-order valence-corrected chi connectivity index (χ1v) is 7.83. The van der Waals surface area contributed by atoms with Crippen LogP contribution in [0.25, 0.3) is 0 Å². The summed E-state index contributed by atoms with van der Waals surface area (Å²) in [6.45, 7) is 9.70. The van der Waals surface area contributed by atoms with Crippen molar-refractivity contribution in [2.75, 3.05) is 0 Å². The second kappa shape index (κ2) is 4.65. The summed E-state index contributed by atoms with van der Waals surface area (Å²) < 4.78 is 0. The maximum Gasteiger partial charge on any atom is 0.0146 e. The molecule has 0 amide bonds. The zero-order valence-electron chi connectivity index (χ0n) is 12.7. The first-order valence-electron chi connectivity index (χ1n) is 7.83. The molecular formula is C19H26. The van der Waals surface area contributed by atoms with Crippen LogP contribution in [0, 0.1) is 35.0 Å². The highest BCUT2D eigenvalue weighted by Crippen LogP contribution is 2.66. The Labute approximate surface area is 118 Å². The summed E-state index contributed by atoms with van der Waals surface area (Å²) in [5.74, 6) is 5.91. The summed E-state index contributed by atoms with van der Waals surface area (Å²) in [5, 5.41) is 0. The topological polar surface area (TPSA) is 0 Å². The monoisotopic (exact) mass is 254 g/mol. The molecule has 1 aromatic carbocycles. The fraction of sp³-hybridized carbons (Fsp3) is 0.579. The van der Waals surface area contributed by atoms with Gasteiger partial charge in [0.2, 0.25) is 0 Å². The largest absolute Gasteiger partial charge is 0.0622 e. The molecule has 2 aliphatic rings. The van der Waals surface area contributed by atoms with Crippen molar-refractivity contribution >= 4 is 0 Å². The Morgan fingerprint density at radius 2 is 1.63 bits per heavy atom. The average Bonchev–Trinajstić information content (AvgIpc) is 2.85. The van der Waals surface area contributed by atoms with Crippen molar-refractivity contribution in [1.29, 1.82) is 0 Å². The molecule has 0 nitrogen and oxygen atoms in total. The zero-order valence-corrected chi connectivity index (χ0v) is 12.7. The van der Waals surface area contributed by atoms with Crippen LogP contribution in [0.2, 0.25) is 0 Å². The van der Waals surface area contributed by atoms with Crippen molar-refractivity contribution in [3.8, 4) is 0 Å². The third-order valence-corrected chi connectivity index (χ3v) is 5.39. The molecule has 2 fully saturated rings. The van der Waals surface area contributed by atoms with Gasteiger partial charge in [-0.15, -0.1) is 0 Å². The molecule has 1 aromatic rings. The number of hydrogen-bond acceptors (Lipinski definition) is 0. The Kier molecular flexibility index (Phi) is 3.23. The van der Waals surface area contributed by atoms with Gasteiger partial charge in [0.05, 0.1) is 0 Å². The molecule has 2 atom stereocenters. The Morgan fingerprint density at radius 3 is 2.26 bits per heavy atom. The predicted molar refractivity (Wildman–Crippen MR) is 81.5 cm³/mol. The van der Waals surface area contributed by atoms with Gasteiger partial charge in [-0.3, -0.25) is 0 Å². The van der Waals surface area contributed by atoms with Gasteiger partial charge >= 0.3 is 0 Å². The number of rotatable bonds is 2. The van der Waals surface area contributed by atoms with Crippen molar-refractivity contribution in [1.82, 2.24) is 0 Å². The molecule has 0 spiro atoms.